The van der Waals surface area contributed by atoms with Crippen LogP contribution in [0.25, 0.3) is 11.1 Å². The van der Waals surface area contributed by atoms with Crippen molar-refractivity contribution in [2.24, 2.45) is 0 Å². The van der Waals surface area contributed by atoms with Crippen molar-refractivity contribution in [1.82, 2.24) is 10.2 Å². The minimum atomic E-state index is -0.242. The molecule has 0 spiro atoms. The second kappa shape index (κ2) is 6.54. The highest BCUT2D eigenvalue weighted by Crippen LogP contribution is 2.34. The van der Waals surface area contributed by atoms with Crippen molar-refractivity contribution in [2.45, 2.75) is 50.7 Å². The zero-order valence-corrected chi connectivity index (χ0v) is 15.4. The van der Waals surface area contributed by atoms with Crippen LogP contribution in [0.5, 0.6) is 0 Å². The van der Waals surface area contributed by atoms with Gasteiger partial charge >= 0.3 is 0 Å². The summed E-state index contributed by atoms with van der Waals surface area (Å²) in [6.45, 7) is 2.02. The first-order valence-electron chi connectivity index (χ1n) is 8.91. The topological polar surface area (TPSA) is 32.3 Å². The number of hydrogen-bond acceptors (Lipinski definition) is 3. The first-order chi connectivity index (χ1) is 12.0. The van der Waals surface area contributed by atoms with Crippen molar-refractivity contribution in [3.63, 3.8) is 0 Å². The van der Waals surface area contributed by atoms with E-state index in [1.807, 2.05) is 24.9 Å². The molecule has 2 atom stereocenters. The molecule has 3 nitrogen and oxygen atoms in total. The summed E-state index contributed by atoms with van der Waals surface area (Å²) in [4.78, 5) is 16.8. The van der Waals surface area contributed by atoms with Crippen LogP contribution in [-0.4, -0.2) is 36.0 Å². The molecule has 0 radical (unpaired) electrons. The van der Waals surface area contributed by atoms with E-state index in [2.05, 4.69) is 5.32 Å². The molecule has 4 rings (SSSR count). The van der Waals surface area contributed by atoms with Gasteiger partial charge in [0.1, 0.15) is 5.82 Å². The predicted octanol–water partition coefficient (Wildman–Crippen LogP) is 4.22. The van der Waals surface area contributed by atoms with Gasteiger partial charge in [0.15, 0.2) is 0 Å². The summed E-state index contributed by atoms with van der Waals surface area (Å²) >= 11 is 1.53. The second-order valence-electron chi connectivity index (χ2n) is 7.27. The van der Waals surface area contributed by atoms with Crippen LogP contribution in [0.3, 0.4) is 0 Å². The number of carbonyl (C=O) groups excluding carboxylic acids is 1. The summed E-state index contributed by atoms with van der Waals surface area (Å²) in [6.07, 6.45) is 4.56. The summed E-state index contributed by atoms with van der Waals surface area (Å²) in [7, 11) is 1.93. The van der Waals surface area contributed by atoms with Crippen molar-refractivity contribution in [3.8, 4) is 11.1 Å². The fourth-order valence-electron chi connectivity index (χ4n) is 4.19. The molecule has 2 unspecified atom stereocenters. The average Bonchev–Trinajstić information content (AvgIpc) is 3.16. The number of carbonyl (C=O) groups is 1. The van der Waals surface area contributed by atoms with Gasteiger partial charge in [0.2, 0.25) is 0 Å². The third-order valence-corrected chi connectivity index (χ3v) is 6.64. The zero-order valence-electron chi connectivity index (χ0n) is 14.6. The second-order valence-corrected chi connectivity index (χ2v) is 8.52. The summed E-state index contributed by atoms with van der Waals surface area (Å²) in [6, 6.07) is 9.89. The summed E-state index contributed by atoms with van der Waals surface area (Å²) in [5.41, 5.74) is 1.98. The Labute approximate surface area is 151 Å². The molecule has 0 saturated carbocycles. The zero-order chi connectivity index (χ0) is 17.6. The van der Waals surface area contributed by atoms with E-state index in [1.54, 1.807) is 12.1 Å². The lowest BCUT2D eigenvalue weighted by Gasteiger charge is -2.35. The van der Waals surface area contributed by atoms with Crippen molar-refractivity contribution in [2.75, 3.05) is 7.05 Å². The standard InChI is InChI=1S/C20H23FN2OS/c1-12-18(13-3-5-14(21)6-4-13)11-19(25-12)20(24)23(2)17-9-15-7-8-16(10-17)22-15/h3-6,11,15-17,22H,7-10H2,1-2H3. The van der Waals surface area contributed by atoms with E-state index < -0.39 is 0 Å². The first-order valence-corrected chi connectivity index (χ1v) is 9.72. The molecule has 0 aliphatic carbocycles. The molecule has 25 heavy (non-hydrogen) atoms. The molecule has 2 aliphatic rings. The molecule has 1 aromatic heterocycles. The van der Waals surface area contributed by atoms with Crippen LogP contribution in [-0.2, 0) is 0 Å². The number of rotatable bonds is 3. The predicted molar refractivity (Wildman–Crippen MR) is 99.5 cm³/mol. The number of benzene rings is 1. The van der Waals surface area contributed by atoms with Crippen molar-refractivity contribution in [1.29, 1.82) is 0 Å². The molecule has 2 aromatic rings. The molecule has 1 N–H and O–H groups in total. The van der Waals surface area contributed by atoms with Crippen molar-refractivity contribution in [3.05, 3.63) is 45.9 Å². The van der Waals surface area contributed by atoms with Crippen LogP contribution in [0.15, 0.2) is 30.3 Å². The number of hydrogen-bond donors (Lipinski definition) is 1. The maximum atomic E-state index is 13.2. The Balaban J connectivity index is 1.54. The summed E-state index contributed by atoms with van der Waals surface area (Å²) in [5.74, 6) is -0.138. The van der Waals surface area contributed by atoms with E-state index in [0.29, 0.717) is 18.1 Å². The minimum Gasteiger partial charge on any atom is -0.338 e. The van der Waals surface area contributed by atoms with E-state index >= 15 is 0 Å². The van der Waals surface area contributed by atoms with Gasteiger partial charge in [-0.2, -0.15) is 0 Å². The molecule has 1 amide bonds. The van der Waals surface area contributed by atoms with Gasteiger partial charge in [0.25, 0.3) is 5.91 Å². The fraction of sp³-hybridized carbons (Fsp3) is 0.450. The molecule has 2 bridgehead atoms. The maximum Gasteiger partial charge on any atom is 0.263 e. The van der Waals surface area contributed by atoms with Gasteiger partial charge in [-0.15, -0.1) is 11.3 Å². The fourth-order valence-corrected chi connectivity index (χ4v) is 5.21. The highest BCUT2D eigenvalue weighted by Gasteiger charge is 2.36. The van der Waals surface area contributed by atoms with Crippen LogP contribution in [0, 0.1) is 12.7 Å². The van der Waals surface area contributed by atoms with Gasteiger partial charge in [-0.25, -0.2) is 4.39 Å². The number of amides is 1. The summed E-state index contributed by atoms with van der Waals surface area (Å²) < 4.78 is 13.2. The quantitative estimate of drug-likeness (QED) is 0.891. The van der Waals surface area contributed by atoms with E-state index in [4.69, 9.17) is 0 Å². The maximum absolute atomic E-state index is 13.2. The van der Waals surface area contributed by atoms with E-state index in [9.17, 15) is 9.18 Å². The number of fused-ring (bicyclic) bond motifs is 2. The van der Waals surface area contributed by atoms with E-state index in [-0.39, 0.29) is 11.7 Å². The van der Waals surface area contributed by atoms with Crippen molar-refractivity contribution < 1.29 is 9.18 Å². The lowest BCUT2D eigenvalue weighted by atomic mass is 9.98. The monoisotopic (exact) mass is 358 g/mol. The Hall–Kier alpha value is -1.72. The van der Waals surface area contributed by atoms with E-state index in [0.717, 1.165) is 33.7 Å². The van der Waals surface area contributed by atoms with Crippen molar-refractivity contribution >= 4 is 17.2 Å². The molecule has 5 heteroatoms. The third kappa shape index (κ3) is 3.23. The van der Waals surface area contributed by atoms with Crippen LogP contribution >= 0.6 is 11.3 Å². The molecular formula is C20H23FN2OS. The number of aryl methyl sites for hydroxylation is 1. The molecular weight excluding hydrogens is 335 g/mol. The number of thiophene rings is 1. The molecule has 1 aromatic carbocycles. The lowest BCUT2D eigenvalue weighted by Crippen LogP contribution is -2.48. The third-order valence-electron chi connectivity index (χ3n) is 5.60. The van der Waals surface area contributed by atoms with Gasteiger partial charge in [0.05, 0.1) is 4.88 Å². The number of piperidine rings is 1. The molecule has 3 heterocycles. The van der Waals surface area contributed by atoms with Gasteiger partial charge in [-0.05, 0) is 61.9 Å². The van der Waals surface area contributed by atoms with E-state index in [1.165, 1.54) is 36.3 Å². The van der Waals surface area contributed by atoms with Gasteiger partial charge in [-0.1, -0.05) is 12.1 Å². The number of halogens is 1. The van der Waals surface area contributed by atoms with Crippen LogP contribution in [0.4, 0.5) is 4.39 Å². The van der Waals surface area contributed by atoms with Gasteiger partial charge in [-0.3, -0.25) is 4.79 Å². The Morgan fingerprint density at radius 2 is 1.84 bits per heavy atom. The molecule has 2 aliphatic heterocycles. The Bertz CT molecular complexity index is 773. The Kier molecular flexibility index (Phi) is 4.38. The first kappa shape index (κ1) is 16.7. The van der Waals surface area contributed by atoms with Gasteiger partial charge < -0.3 is 10.2 Å². The SMILES string of the molecule is Cc1sc(C(=O)N(C)C2CC3CCC(C2)N3)cc1-c1ccc(F)cc1. The van der Waals surface area contributed by atoms with Crippen LogP contribution in [0.2, 0.25) is 0 Å². The summed E-state index contributed by atoms with van der Waals surface area (Å²) in [5, 5.41) is 3.63. The molecule has 2 saturated heterocycles. The minimum absolute atomic E-state index is 0.104. The lowest BCUT2D eigenvalue weighted by molar-refractivity contribution is 0.0686. The Morgan fingerprint density at radius 1 is 1.20 bits per heavy atom. The Morgan fingerprint density at radius 3 is 2.48 bits per heavy atom. The van der Waals surface area contributed by atoms with Crippen LogP contribution < -0.4 is 5.32 Å². The van der Waals surface area contributed by atoms with Gasteiger partial charge in [0, 0.05) is 30.1 Å². The molecule has 2 fully saturated rings. The number of nitrogens with one attached hydrogen (secondary N) is 1. The largest absolute Gasteiger partial charge is 0.338 e. The smallest absolute Gasteiger partial charge is 0.263 e. The van der Waals surface area contributed by atoms with Crippen LogP contribution in [0.1, 0.15) is 40.2 Å². The highest BCUT2D eigenvalue weighted by atomic mass is 32.1. The normalized spacial score (nSPS) is 25.2. The molecule has 132 valence electrons. The average molecular weight is 358 g/mol. The number of nitrogens with zero attached hydrogens (tertiary/aromatic N) is 1. The highest BCUT2D eigenvalue weighted by molar-refractivity contribution is 7.14.